The molecule has 1 N–H and O–H groups in total. The molecule has 3 nitrogen and oxygen atoms in total. The van der Waals surface area contributed by atoms with Gasteiger partial charge < -0.3 is 9.84 Å². The highest BCUT2D eigenvalue weighted by molar-refractivity contribution is 5.86. The number of ether oxygens (including phenoxy) is 1. The van der Waals surface area contributed by atoms with Gasteiger partial charge in [-0.1, -0.05) is 12.8 Å². The van der Waals surface area contributed by atoms with E-state index in [1.165, 1.54) is 0 Å². The van der Waals surface area contributed by atoms with Crippen molar-refractivity contribution in [3.05, 3.63) is 6.92 Å². The second-order valence-electron chi connectivity index (χ2n) is 2.26. The molecule has 1 atom stereocenters. The third kappa shape index (κ3) is 7.10. The van der Waals surface area contributed by atoms with Crippen LogP contribution in [0.3, 0.4) is 0 Å². The Hall–Kier alpha value is -1.01. The Morgan fingerprint density at radius 1 is 1.75 bits per heavy atom. The summed E-state index contributed by atoms with van der Waals surface area (Å²) < 4.78 is 5.17. The van der Waals surface area contributed by atoms with Crippen LogP contribution in [0.1, 0.15) is 19.8 Å². The summed E-state index contributed by atoms with van der Waals surface area (Å²) in [5, 5.41) is 8.14. The predicted molar refractivity (Wildman–Crippen MR) is 45.4 cm³/mol. The molecule has 0 aromatic heterocycles. The summed E-state index contributed by atoms with van der Waals surface area (Å²) >= 11 is 0. The first-order chi connectivity index (χ1) is 5.66. The number of carbonyl (C=O) groups is 1. The molecule has 0 saturated carbocycles. The lowest BCUT2D eigenvalue weighted by molar-refractivity contribution is -0.130. The van der Waals surface area contributed by atoms with Crippen molar-refractivity contribution < 1.29 is 14.6 Å². The molecule has 67 valence electrons. The molecule has 0 aliphatic rings. The highest BCUT2D eigenvalue weighted by Gasteiger charge is 1.95. The van der Waals surface area contributed by atoms with Crippen molar-refractivity contribution in [2.45, 2.75) is 25.9 Å². The van der Waals surface area contributed by atoms with Gasteiger partial charge in [-0.25, -0.2) is 4.79 Å². The van der Waals surface area contributed by atoms with E-state index < -0.39 is 5.97 Å². The summed E-state index contributed by atoms with van der Waals surface area (Å²) in [6.45, 7) is 6.12. The zero-order valence-corrected chi connectivity index (χ0v) is 7.17. The van der Waals surface area contributed by atoms with Gasteiger partial charge in [0, 0.05) is 12.3 Å². The molecule has 0 heterocycles. The van der Waals surface area contributed by atoms with Crippen LogP contribution in [-0.2, 0) is 9.53 Å². The average Bonchev–Trinajstić information content (AvgIpc) is 2.03. The molecule has 0 spiro atoms. The molecule has 12 heavy (non-hydrogen) atoms. The van der Waals surface area contributed by atoms with Crippen LogP contribution in [0.25, 0.3) is 0 Å². The standard InChI is InChI=1S/C9H13O3/c1-3-8(2)12-7-5-4-6-9(10)11/h8H,2-3,5,7H2,1H3,(H,10,11). The molecular weight excluding hydrogens is 156 g/mol. The second kappa shape index (κ2) is 6.68. The van der Waals surface area contributed by atoms with E-state index in [0.717, 1.165) is 6.42 Å². The number of carboxylic acids is 1. The van der Waals surface area contributed by atoms with Crippen molar-refractivity contribution in [3.8, 4) is 11.8 Å². The van der Waals surface area contributed by atoms with Gasteiger partial charge in [-0.15, -0.1) is 0 Å². The van der Waals surface area contributed by atoms with E-state index in [-0.39, 0.29) is 6.10 Å². The molecule has 0 amide bonds. The van der Waals surface area contributed by atoms with Crippen LogP contribution >= 0.6 is 0 Å². The molecule has 1 unspecified atom stereocenters. The molecule has 1 radical (unpaired) electrons. The Balaban J connectivity index is 3.34. The Labute approximate surface area is 72.7 Å². The minimum Gasteiger partial charge on any atom is -0.472 e. The largest absolute Gasteiger partial charge is 0.472 e. The van der Waals surface area contributed by atoms with Gasteiger partial charge in [0.25, 0.3) is 0 Å². The number of hydrogen-bond donors (Lipinski definition) is 1. The molecule has 0 aromatic rings. The van der Waals surface area contributed by atoms with Gasteiger partial charge in [0.2, 0.25) is 0 Å². The van der Waals surface area contributed by atoms with Crippen LogP contribution in [0.2, 0.25) is 0 Å². The van der Waals surface area contributed by atoms with Crippen LogP contribution in [-0.4, -0.2) is 23.8 Å². The van der Waals surface area contributed by atoms with Crippen molar-refractivity contribution in [1.82, 2.24) is 0 Å². The molecule has 3 heteroatoms. The van der Waals surface area contributed by atoms with E-state index in [4.69, 9.17) is 9.84 Å². The lowest BCUT2D eigenvalue weighted by Gasteiger charge is -2.07. The number of carboxylic acid groups (broad SMARTS) is 1. The zero-order valence-electron chi connectivity index (χ0n) is 7.17. The van der Waals surface area contributed by atoms with Gasteiger partial charge in [0.05, 0.1) is 12.7 Å². The highest BCUT2D eigenvalue weighted by atomic mass is 16.5. The van der Waals surface area contributed by atoms with Crippen molar-refractivity contribution in [1.29, 1.82) is 0 Å². The Morgan fingerprint density at radius 3 is 2.92 bits per heavy atom. The van der Waals surface area contributed by atoms with Crippen molar-refractivity contribution >= 4 is 5.97 Å². The zero-order chi connectivity index (χ0) is 9.40. The summed E-state index contributed by atoms with van der Waals surface area (Å²) in [7, 11) is 0. The predicted octanol–water partition coefficient (Wildman–Crippen LogP) is 1.09. The first-order valence-corrected chi connectivity index (χ1v) is 3.83. The minimum absolute atomic E-state index is 0.0170. The Kier molecular flexibility index (Phi) is 6.12. The third-order valence-electron chi connectivity index (χ3n) is 1.23. The summed E-state index contributed by atoms with van der Waals surface area (Å²) in [6, 6.07) is 0. The van der Waals surface area contributed by atoms with Gasteiger partial charge in [-0.2, -0.15) is 0 Å². The number of rotatable bonds is 4. The second-order valence-corrected chi connectivity index (χ2v) is 2.26. The van der Waals surface area contributed by atoms with E-state index in [2.05, 4.69) is 12.8 Å². The lowest BCUT2D eigenvalue weighted by atomic mass is 10.3. The molecule has 0 rings (SSSR count). The molecule has 0 fully saturated rings. The molecular formula is C9H13O3. The van der Waals surface area contributed by atoms with Gasteiger partial charge in [-0.3, -0.25) is 0 Å². The quantitative estimate of drug-likeness (QED) is 0.506. The van der Waals surface area contributed by atoms with Crippen LogP contribution < -0.4 is 0 Å². The van der Waals surface area contributed by atoms with Crippen LogP contribution in [0.5, 0.6) is 0 Å². The van der Waals surface area contributed by atoms with E-state index in [0.29, 0.717) is 13.0 Å². The molecule has 0 aliphatic heterocycles. The van der Waals surface area contributed by atoms with Crippen molar-refractivity contribution in [2.75, 3.05) is 6.61 Å². The van der Waals surface area contributed by atoms with Gasteiger partial charge in [0.1, 0.15) is 0 Å². The number of hydrogen-bond acceptors (Lipinski definition) is 2. The molecule has 0 bridgehead atoms. The van der Waals surface area contributed by atoms with Gasteiger partial charge >= 0.3 is 5.97 Å². The Bertz CT molecular complexity index is 188. The van der Waals surface area contributed by atoms with Crippen LogP contribution in [0, 0.1) is 18.8 Å². The monoisotopic (exact) mass is 169 g/mol. The maximum absolute atomic E-state index is 9.93. The maximum Gasteiger partial charge on any atom is 0.381 e. The normalized spacial score (nSPS) is 11.5. The maximum atomic E-state index is 9.93. The summed E-state index contributed by atoms with van der Waals surface area (Å²) in [5.41, 5.74) is 0. The van der Waals surface area contributed by atoms with E-state index in [9.17, 15) is 4.79 Å². The van der Waals surface area contributed by atoms with Crippen molar-refractivity contribution in [3.63, 3.8) is 0 Å². The SMILES string of the molecule is [CH2]C(CC)OCCC#CC(=O)O. The minimum atomic E-state index is -1.10. The fraction of sp³-hybridized carbons (Fsp3) is 0.556. The third-order valence-corrected chi connectivity index (χ3v) is 1.23. The molecule has 0 saturated heterocycles. The first kappa shape index (κ1) is 11.0. The van der Waals surface area contributed by atoms with Crippen molar-refractivity contribution in [2.24, 2.45) is 0 Å². The average molecular weight is 169 g/mol. The van der Waals surface area contributed by atoms with Crippen LogP contribution in [0.4, 0.5) is 0 Å². The van der Waals surface area contributed by atoms with E-state index in [1.54, 1.807) is 0 Å². The fourth-order valence-corrected chi connectivity index (χ4v) is 0.533. The molecule has 0 aromatic carbocycles. The summed E-state index contributed by atoms with van der Waals surface area (Å²) in [4.78, 5) is 9.93. The Morgan fingerprint density at radius 2 is 2.42 bits per heavy atom. The smallest absolute Gasteiger partial charge is 0.381 e. The first-order valence-electron chi connectivity index (χ1n) is 3.83. The summed E-state index contributed by atoms with van der Waals surface area (Å²) in [6.07, 6.45) is 1.28. The van der Waals surface area contributed by atoms with Gasteiger partial charge in [0.15, 0.2) is 0 Å². The lowest BCUT2D eigenvalue weighted by Crippen LogP contribution is -2.07. The highest BCUT2D eigenvalue weighted by Crippen LogP contribution is 1.95. The van der Waals surface area contributed by atoms with Crippen LogP contribution in [0.15, 0.2) is 0 Å². The topological polar surface area (TPSA) is 46.5 Å². The fourth-order valence-electron chi connectivity index (χ4n) is 0.533. The van der Waals surface area contributed by atoms with Gasteiger partial charge in [-0.05, 0) is 13.3 Å². The summed E-state index contributed by atoms with van der Waals surface area (Å²) in [5.74, 6) is 3.37. The van der Waals surface area contributed by atoms with E-state index >= 15 is 0 Å². The molecule has 0 aliphatic carbocycles. The van der Waals surface area contributed by atoms with E-state index in [1.807, 2.05) is 12.8 Å². The number of aliphatic carboxylic acids is 1.